The molecule has 0 aliphatic heterocycles. The Kier molecular flexibility index (Phi) is 5.85. The van der Waals surface area contributed by atoms with Crippen molar-refractivity contribution in [2.45, 2.75) is 19.1 Å². The summed E-state index contributed by atoms with van der Waals surface area (Å²) in [5.41, 5.74) is 7.31. The molecular formula is C33H28N2O2. The van der Waals surface area contributed by atoms with Gasteiger partial charge in [0.2, 0.25) is 0 Å². The minimum Gasteiger partial charge on any atom is -0.456 e. The third-order valence-electron chi connectivity index (χ3n) is 7.10. The first kappa shape index (κ1) is 22.9. The summed E-state index contributed by atoms with van der Waals surface area (Å²) in [4.78, 5) is 13.7. The minimum atomic E-state index is -0.733. The van der Waals surface area contributed by atoms with Crippen LogP contribution >= 0.6 is 0 Å². The van der Waals surface area contributed by atoms with E-state index >= 15 is 0 Å². The molecule has 182 valence electrons. The van der Waals surface area contributed by atoms with E-state index < -0.39 is 5.54 Å². The molecule has 1 N–H and O–H groups in total. The first-order valence-electron chi connectivity index (χ1n) is 12.7. The molecule has 6 rings (SSSR count). The first-order valence-corrected chi connectivity index (χ1v) is 12.7. The quantitative estimate of drug-likeness (QED) is 0.246. The number of hydrogen-bond acceptors (Lipinski definition) is 3. The second kappa shape index (κ2) is 9.47. The van der Waals surface area contributed by atoms with E-state index in [9.17, 15) is 4.79 Å². The highest BCUT2D eigenvalue weighted by Crippen LogP contribution is 2.54. The van der Waals surface area contributed by atoms with Gasteiger partial charge in [0.05, 0.1) is 5.69 Å². The number of carbonyl (C=O) groups excluding carboxylic acids is 1. The summed E-state index contributed by atoms with van der Waals surface area (Å²) >= 11 is 0. The van der Waals surface area contributed by atoms with E-state index in [-0.39, 0.29) is 12.6 Å². The first-order chi connectivity index (χ1) is 18.2. The molecule has 0 saturated carbocycles. The fourth-order valence-corrected chi connectivity index (χ4v) is 5.60. The maximum Gasteiger partial charge on any atom is 0.355 e. The van der Waals surface area contributed by atoms with Gasteiger partial charge in [-0.15, -0.1) is 0 Å². The molecule has 0 fully saturated rings. The molecule has 1 aromatic heterocycles. The van der Waals surface area contributed by atoms with E-state index in [1.165, 1.54) is 11.1 Å². The van der Waals surface area contributed by atoms with Crippen LogP contribution in [0, 0.1) is 0 Å². The van der Waals surface area contributed by atoms with Crippen molar-refractivity contribution in [3.05, 3.63) is 149 Å². The summed E-state index contributed by atoms with van der Waals surface area (Å²) in [7, 11) is 0. The normalized spacial score (nSPS) is 13.0. The number of aromatic nitrogens is 1. The molecule has 1 aliphatic rings. The zero-order chi connectivity index (χ0) is 25.2. The molecule has 37 heavy (non-hydrogen) atoms. The molecular weight excluding hydrogens is 456 g/mol. The lowest BCUT2D eigenvalue weighted by molar-refractivity contribution is 0.0457. The monoisotopic (exact) mass is 484 g/mol. The van der Waals surface area contributed by atoms with Crippen molar-refractivity contribution in [3.8, 4) is 11.1 Å². The summed E-state index contributed by atoms with van der Waals surface area (Å²) in [5.74, 6) is -0.356. The van der Waals surface area contributed by atoms with Crippen molar-refractivity contribution >= 4 is 11.7 Å². The topological polar surface area (TPSA) is 43.3 Å². The lowest BCUT2D eigenvalue weighted by Crippen LogP contribution is -2.37. The van der Waals surface area contributed by atoms with E-state index in [2.05, 4.69) is 95.8 Å². The Balaban J connectivity index is 1.59. The highest BCUT2D eigenvalue weighted by Gasteiger charge is 2.47. The number of nitrogens with one attached hydrogen (secondary N) is 1. The molecule has 0 bridgehead atoms. The van der Waals surface area contributed by atoms with Crippen LogP contribution in [0.3, 0.4) is 0 Å². The third-order valence-corrected chi connectivity index (χ3v) is 7.10. The number of ether oxygens (including phenoxy) is 1. The number of benzene rings is 4. The Morgan fingerprint density at radius 2 is 1.35 bits per heavy atom. The Bertz CT molecular complexity index is 1510. The summed E-state index contributed by atoms with van der Waals surface area (Å²) < 4.78 is 7.98. The van der Waals surface area contributed by atoms with Crippen LogP contribution in [0.2, 0.25) is 0 Å². The number of hydrogen-bond donors (Lipinski definition) is 1. The van der Waals surface area contributed by atoms with Crippen LogP contribution in [-0.4, -0.2) is 17.1 Å². The maximum atomic E-state index is 13.7. The molecule has 0 saturated heterocycles. The Hall–Kier alpha value is -4.57. The van der Waals surface area contributed by atoms with Crippen molar-refractivity contribution in [2.75, 3.05) is 11.9 Å². The molecule has 4 nitrogen and oxygen atoms in total. The molecule has 4 aromatic carbocycles. The van der Waals surface area contributed by atoms with E-state index in [1.54, 1.807) is 0 Å². The summed E-state index contributed by atoms with van der Waals surface area (Å²) in [5, 5.41) is 3.41. The van der Waals surface area contributed by atoms with Gasteiger partial charge in [0, 0.05) is 12.7 Å². The number of rotatable bonds is 7. The van der Waals surface area contributed by atoms with Gasteiger partial charge in [-0.2, -0.15) is 0 Å². The molecule has 0 unspecified atom stereocenters. The van der Waals surface area contributed by atoms with Crippen molar-refractivity contribution in [2.24, 2.45) is 0 Å². The van der Waals surface area contributed by atoms with Gasteiger partial charge in [-0.25, -0.2) is 4.79 Å². The van der Waals surface area contributed by atoms with E-state index in [1.807, 2.05) is 42.5 Å². The summed E-state index contributed by atoms with van der Waals surface area (Å²) in [6, 6.07) is 39.1. The average molecular weight is 485 g/mol. The van der Waals surface area contributed by atoms with Gasteiger partial charge < -0.3 is 14.6 Å². The van der Waals surface area contributed by atoms with Gasteiger partial charge >= 0.3 is 5.97 Å². The van der Waals surface area contributed by atoms with Crippen molar-refractivity contribution in [3.63, 3.8) is 0 Å². The number of carbonyl (C=O) groups is 1. The van der Waals surface area contributed by atoms with Crippen LogP contribution in [0.5, 0.6) is 0 Å². The maximum absolute atomic E-state index is 13.7. The van der Waals surface area contributed by atoms with Crippen LogP contribution in [0.1, 0.15) is 39.7 Å². The molecule has 0 atom stereocenters. The van der Waals surface area contributed by atoms with Gasteiger partial charge in [-0.1, -0.05) is 109 Å². The number of anilines is 1. The van der Waals surface area contributed by atoms with Crippen LogP contribution in [0.15, 0.2) is 121 Å². The molecule has 0 radical (unpaired) electrons. The predicted molar refractivity (Wildman–Crippen MR) is 148 cm³/mol. The lowest BCUT2D eigenvalue weighted by Gasteiger charge is -2.36. The number of nitrogens with zero attached hydrogens (tertiary/aromatic N) is 1. The number of fused-ring (bicyclic) bond motifs is 3. The lowest BCUT2D eigenvalue weighted by atomic mass is 9.80. The second-order valence-electron chi connectivity index (χ2n) is 9.24. The minimum absolute atomic E-state index is 0.215. The zero-order valence-corrected chi connectivity index (χ0v) is 20.7. The largest absolute Gasteiger partial charge is 0.456 e. The smallest absolute Gasteiger partial charge is 0.355 e. The zero-order valence-electron chi connectivity index (χ0n) is 20.7. The van der Waals surface area contributed by atoms with Gasteiger partial charge in [0.15, 0.2) is 0 Å². The molecule has 1 heterocycles. The Labute approximate surface area is 217 Å². The highest BCUT2D eigenvalue weighted by atomic mass is 16.5. The van der Waals surface area contributed by atoms with Crippen molar-refractivity contribution in [1.29, 1.82) is 0 Å². The molecule has 4 heteroatoms. The van der Waals surface area contributed by atoms with Crippen molar-refractivity contribution in [1.82, 2.24) is 4.57 Å². The summed E-state index contributed by atoms with van der Waals surface area (Å²) in [6.07, 6.45) is 2.05. The van der Waals surface area contributed by atoms with Gasteiger partial charge in [0.1, 0.15) is 17.8 Å². The molecule has 1 aliphatic carbocycles. The fourth-order valence-electron chi connectivity index (χ4n) is 5.60. The molecule has 0 amide bonds. The second-order valence-corrected chi connectivity index (χ2v) is 9.24. The Morgan fingerprint density at radius 1 is 0.784 bits per heavy atom. The van der Waals surface area contributed by atoms with Crippen molar-refractivity contribution < 1.29 is 9.53 Å². The van der Waals surface area contributed by atoms with Crippen LogP contribution < -0.4 is 5.32 Å². The van der Waals surface area contributed by atoms with E-state index in [4.69, 9.17) is 4.74 Å². The van der Waals surface area contributed by atoms with Gasteiger partial charge in [-0.05, 0) is 46.4 Å². The summed E-state index contributed by atoms with van der Waals surface area (Å²) in [6.45, 7) is 3.01. The van der Waals surface area contributed by atoms with Crippen LogP contribution in [-0.2, 0) is 16.9 Å². The van der Waals surface area contributed by atoms with E-state index in [0.717, 1.165) is 34.5 Å². The number of esters is 1. The van der Waals surface area contributed by atoms with Gasteiger partial charge in [-0.3, -0.25) is 0 Å². The fraction of sp³-hybridized carbons (Fsp3) is 0.121. The Morgan fingerprint density at radius 3 is 1.97 bits per heavy atom. The highest BCUT2D eigenvalue weighted by molar-refractivity contribution is 5.91. The third kappa shape index (κ3) is 3.73. The van der Waals surface area contributed by atoms with Crippen LogP contribution in [0.4, 0.5) is 5.69 Å². The van der Waals surface area contributed by atoms with Crippen LogP contribution in [0.25, 0.3) is 11.1 Å². The SMILES string of the molecule is CCNc1cc(C(=O)OCc2ccccc2)n(C2(c3ccccc3)c3ccccc3-c3ccccc32)c1. The standard InChI is InChI=1S/C33H28N2O2/c1-2-34-26-21-31(32(36)37-23-24-13-5-3-6-14-24)35(22-26)33(25-15-7-4-8-16-25)29-19-11-9-17-27(29)28-18-10-12-20-30(28)33/h3-22,34H,2,23H2,1H3. The molecule has 5 aromatic rings. The predicted octanol–water partition coefficient (Wildman–Crippen LogP) is 7.10. The molecule has 0 spiro atoms. The average Bonchev–Trinajstić information content (AvgIpc) is 3.51. The van der Waals surface area contributed by atoms with Gasteiger partial charge in [0.25, 0.3) is 0 Å². The van der Waals surface area contributed by atoms with E-state index in [0.29, 0.717) is 5.69 Å².